The van der Waals surface area contributed by atoms with Gasteiger partial charge in [0.25, 0.3) is 0 Å². The monoisotopic (exact) mass is 539 g/mol. The molecule has 1 aliphatic carbocycles. The molecule has 1 aromatic heterocycles. The molecule has 0 aliphatic heterocycles. The van der Waals surface area contributed by atoms with Crippen molar-refractivity contribution >= 4 is 24.6 Å². The van der Waals surface area contributed by atoms with Gasteiger partial charge in [0.05, 0.1) is 7.11 Å². The Balaban J connectivity index is 0.00000189. The smallest absolute Gasteiger partial charge is 0.145 e. The summed E-state index contributed by atoms with van der Waals surface area (Å²) in [6.45, 7) is 20.3. The van der Waals surface area contributed by atoms with Gasteiger partial charge < -0.3 is 16.2 Å². The van der Waals surface area contributed by atoms with Gasteiger partial charge in [-0.2, -0.15) is 5.10 Å². The van der Waals surface area contributed by atoms with Crippen molar-refractivity contribution in [3.8, 4) is 5.75 Å². The summed E-state index contributed by atoms with van der Waals surface area (Å²) >= 11 is 0. The van der Waals surface area contributed by atoms with Crippen LogP contribution in [0.4, 0.5) is 5.69 Å². The van der Waals surface area contributed by atoms with Crippen LogP contribution in [0.2, 0.25) is 0 Å². The SMILES string of the molecule is C=NNC=Nc1c(OC)cccc1C(N)=NCC1CCC(c2ccc(C(C)(C)N)cn2)C1.CC.CC.CCC. The molecule has 0 amide bonds. The van der Waals surface area contributed by atoms with Crippen molar-refractivity contribution in [3.05, 3.63) is 53.3 Å². The normalized spacial score (nSPS) is 16.6. The highest BCUT2D eigenvalue weighted by molar-refractivity contribution is 6.03. The highest BCUT2D eigenvalue weighted by atomic mass is 16.5. The van der Waals surface area contributed by atoms with Crippen molar-refractivity contribution < 1.29 is 4.74 Å². The number of hydrogen-bond acceptors (Lipinski definition) is 6. The first-order valence-corrected chi connectivity index (χ1v) is 14.2. The van der Waals surface area contributed by atoms with Gasteiger partial charge in [0, 0.05) is 42.2 Å². The van der Waals surface area contributed by atoms with Gasteiger partial charge in [0.15, 0.2) is 0 Å². The first kappa shape index (κ1) is 35.7. The maximum atomic E-state index is 6.35. The molecule has 5 N–H and O–H groups in total. The van der Waals surface area contributed by atoms with Crippen LogP contribution in [-0.2, 0) is 5.54 Å². The summed E-state index contributed by atoms with van der Waals surface area (Å²) in [5.41, 5.74) is 18.2. The van der Waals surface area contributed by atoms with E-state index in [9.17, 15) is 0 Å². The van der Waals surface area contributed by atoms with Crippen molar-refractivity contribution in [2.24, 2.45) is 32.5 Å². The molecule has 0 radical (unpaired) electrons. The standard InChI is InChI=1S/C24H33N7O.C3H8.2C2H6/c1-24(2,26)18-10-11-20(28-14-18)17-9-8-16(12-17)13-29-23(25)19-6-5-7-21(32-4)22(19)30-15-31-27-3;1-3-2;2*1-2/h5-7,10-11,14-17H,3,8-9,12-13,26H2,1-2,4H3,(H2,25,29)(H,30,31);3H2,1-2H3;2*1-2H3. The molecule has 0 bridgehead atoms. The zero-order valence-corrected chi connectivity index (χ0v) is 25.8. The number of nitrogens with two attached hydrogens (primary N) is 2. The molecule has 39 heavy (non-hydrogen) atoms. The Bertz CT molecular complexity index is 995. The van der Waals surface area contributed by atoms with E-state index >= 15 is 0 Å². The fraction of sp³-hybridized carbons (Fsp3) is 0.548. The number of rotatable bonds is 9. The predicted octanol–water partition coefficient (Wildman–Crippen LogP) is 6.91. The number of methoxy groups -OCH3 is 1. The first-order chi connectivity index (χ1) is 18.7. The summed E-state index contributed by atoms with van der Waals surface area (Å²) in [7, 11) is 1.60. The number of ether oxygens (including phenoxy) is 1. The number of nitrogens with zero attached hydrogens (tertiary/aromatic N) is 4. The number of aromatic nitrogens is 1. The first-order valence-electron chi connectivity index (χ1n) is 14.2. The van der Waals surface area contributed by atoms with E-state index in [1.807, 2.05) is 65.9 Å². The number of amidine groups is 1. The highest BCUT2D eigenvalue weighted by Gasteiger charge is 2.27. The lowest BCUT2D eigenvalue weighted by Gasteiger charge is -2.19. The Morgan fingerprint density at radius 1 is 1.15 bits per heavy atom. The Morgan fingerprint density at radius 3 is 2.36 bits per heavy atom. The molecule has 2 atom stereocenters. The maximum absolute atomic E-state index is 6.35. The summed E-state index contributed by atoms with van der Waals surface area (Å²) in [6, 6.07) is 9.79. The second-order valence-corrected chi connectivity index (χ2v) is 9.40. The number of hydrogen-bond donors (Lipinski definition) is 3. The van der Waals surface area contributed by atoms with Gasteiger partial charge in [0.2, 0.25) is 0 Å². The molecular formula is C31H53N7O. The number of hydrazone groups is 1. The van der Waals surface area contributed by atoms with E-state index in [1.165, 1.54) is 12.8 Å². The lowest BCUT2D eigenvalue weighted by Crippen LogP contribution is -2.28. The van der Waals surface area contributed by atoms with Crippen molar-refractivity contribution in [2.45, 2.75) is 92.5 Å². The van der Waals surface area contributed by atoms with Crippen LogP contribution < -0.4 is 21.6 Å². The van der Waals surface area contributed by atoms with E-state index < -0.39 is 0 Å². The molecule has 0 spiro atoms. The summed E-state index contributed by atoms with van der Waals surface area (Å²) in [6.07, 6.45) is 7.85. The molecule has 1 saturated carbocycles. The van der Waals surface area contributed by atoms with E-state index in [-0.39, 0.29) is 5.54 Å². The third-order valence-electron chi connectivity index (χ3n) is 5.85. The van der Waals surface area contributed by atoms with Crippen molar-refractivity contribution in [3.63, 3.8) is 0 Å². The van der Waals surface area contributed by atoms with Crippen molar-refractivity contribution in [1.82, 2.24) is 10.4 Å². The van der Waals surface area contributed by atoms with Gasteiger partial charge in [-0.15, -0.1) is 0 Å². The molecule has 218 valence electrons. The van der Waals surface area contributed by atoms with Crippen LogP contribution in [0.5, 0.6) is 5.75 Å². The van der Waals surface area contributed by atoms with E-state index in [4.69, 9.17) is 16.2 Å². The van der Waals surface area contributed by atoms with E-state index in [2.05, 4.69) is 58.2 Å². The zero-order valence-electron chi connectivity index (χ0n) is 25.8. The summed E-state index contributed by atoms with van der Waals surface area (Å²) < 4.78 is 5.42. The number of benzene rings is 1. The molecule has 8 heteroatoms. The summed E-state index contributed by atoms with van der Waals surface area (Å²) in [4.78, 5) is 13.7. The van der Waals surface area contributed by atoms with Crippen LogP contribution in [0.3, 0.4) is 0 Å². The molecule has 3 rings (SSSR count). The fourth-order valence-corrected chi connectivity index (χ4v) is 4.01. The molecular weight excluding hydrogens is 486 g/mol. The van der Waals surface area contributed by atoms with Crippen LogP contribution in [0.25, 0.3) is 0 Å². The lowest BCUT2D eigenvalue weighted by molar-refractivity contribution is 0.416. The van der Waals surface area contributed by atoms with Crippen LogP contribution in [0.15, 0.2) is 51.6 Å². The minimum Gasteiger partial charge on any atom is -0.494 e. The van der Waals surface area contributed by atoms with E-state index in [0.29, 0.717) is 35.7 Å². The lowest BCUT2D eigenvalue weighted by atomic mass is 9.95. The summed E-state index contributed by atoms with van der Waals surface area (Å²) in [5, 5.41) is 3.56. The van der Waals surface area contributed by atoms with Gasteiger partial charge in [-0.3, -0.25) is 15.4 Å². The van der Waals surface area contributed by atoms with Gasteiger partial charge >= 0.3 is 0 Å². The zero-order chi connectivity index (χ0) is 29.8. The summed E-state index contributed by atoms with van der Waals surface area (Å²) in [5.74, 6) is 1.97. The van der Waals surface area contributed by atoms with E-state index in [0.717, 1.165) is 36.1 Å². The molecule has 2 unspecified atom stereocenters. The van der Waals surface area contributed by atoms with Crippen molar-refractivity contribution in [1.29, 1.82) is 0 Å². The number of para-hydroxylation sites is 1. The predicted molar refractivity (Wildman–Crippen MR) is 170 cm³/mol. The van der Waals surface area contributed by atoms with Gasteiger partial charge in [-0.25, -0.2) is 4.99 Å². The van der Waals surface area contributed by atoms with Crippen LogP contribution in [0.1, 0.15) is 104 Å². The van der Waals surface area contributed by atoms with Gasteiger partial charge in [-0.1, -0.05) is 60.1 Å². The Hall–Kier alpha value is -3.26. The van der Waals surface area contributed by atoms with Crippen molar-refractivity contribution in [2.75, 3.05) is 13.7 Å². The maximum Gasteiger partial charge on any atom is 0.145 e. The quantitative estimate of drug-likeness (QED) is 0.181. The molecule has 0 saturated heterocycles. The third-order valence-corrected chi connectivity index (χ3v) is 5.85. The topological polar surface area (TPSA) is 123 Å². The molecule has 1 fully saturated rings. The minimum absolute atomic E-state index is 0.378. The fourth-order valence-electron chi connectivity index (χ4n) is 4.01. The van der Waals surface area contributed by atoms with Crippen LogP contribution in [-0.4, -0.2) is 37.5 Å². The number of pyridine rings is 1. The van der Waals surface area contributed by atoms with Crippen LogP contribution >= 0.6 is 0 Å². The molecule has 8 nitrogen and oxygen atoms in total. The Morgan fingerprint density at radius 2 is 1.82 bits per heavy atom. The molecule has 2 aromatic rings. The molecule has 1 heterocycles. The Kier molecular flexibility index (Phi) is 18.1. The average molecular weight is 540 g/mol. The third kappa shape index (κ3) is 12.0. The van der Waals surface area contributed by atoms with Gasteiger partial charge in [-0.05, 0) is 62.8 Å². The highest BCUT2D eigenvalue weighted by Crippen LogP contribution is 2.38. The average Bonchev–Trinajstić information content (AvgIpc) is 3.43. The van der Waals surface area contributed by atoms with Crippen LogP contribution in [0, 0.1) is 5.92 Å². The second-order valence-electron chi connectivity index (χ2n) is 9.40. The Labute approximate surface area is 237 Å². The van der Waals surface area contributed by atoms with Gasteiger partial charge in [0.1, 0.15) is 23.6 Å². The molecule has 1 aromatic carbocycles. The number of aliphatic imine (C=N–C) groups is 2. The minimum atomic E-state index is -0.378. The van der Waals surface area contributed by atoms with E-state index in [1.54, 1.807) is 7.11 Å². The second kappa shape index (κ2) is 19.8. The largest absolute Gasteiger partial charge is 0.494 e. The molecule has 1 aliphatic rings. The number of nitrogens with one attached hydrogen (secondary N) is 1.